The van der Waals surface area contributed by atoms with Gasteiger partial charge >= 0.3 is 5.97 Å². The Balaban J connectivity index is 1.75. The number of rotatable bonds is 3. The summed E-state index contributed by atoms with van der Waals surface area (Å²) in [6.07, 6.45) is 1.76. The Kier molecular flexibility index (Phi) is 3.58. The molecular weight excluding hydrogens is 291 g/mol. The molecule has 1 aliphatic rings. The fourth-order valence-corrected chi connectivity index (χ4v) is 2.37. The number of likely N-dealkylation sites (tertiary alicyclic amines) is 1. The van der Waals surface area contributed by atoms with E-state index in [1.165, 1.54) is 40.2 Å². The van der Waals surface area contributed by atoms with Gasteiger partial charge in [0.05, 0.1) is 17.8 Å². The van der Waals surface area contributed by atoms with Crippen molar-refractivity contribution in [3.05, 3.63) is 42.0 Å². The van der Waals surface area contributed by atoms with Crippen molar-refractivity contribution in [2.75, 3.05) is 13.1 Å². The van der Waals surface area contributed by atoms with Gasteiger partial charge in [-0.3, -0.25) is 9.59 Å². The summed E-state index contributed by atoms with van der Waals surface area (Å²) in [7, 11) is 0. The summed E-state index contributed by atoms with van der Waals surface area (Å²) in [4.78, 5) is 25.9. The van der Waals surface area contributed by atoms with Crippen molar-refractivity contribution in [1.82, 2.24) is 19.9 Å². The van der Waals surface area contributed by atoms with Gasteiger partial charge in [0.25, 0.3) is 5.91 Å². The Hall–Kier alpha value is -2.77. The van der Waals surface area contributed by atoms with Gasteiger partial charge in [-0.1, -0.05) is 0 Å². The summed E-state index contributed by atoms with van der Waals surface area (Å²) in [5.41, 5.74) is 0.667. The van der Waals surface area contributed by atoms with Crippen molar-refractivity contribution in [3.63, 3.8) is 0 Å². The number of amides is 1. The lowest BCUT2D eigenvalue weighted by Crippen LogP contribution is -2.30. The van der Waals surface area contributed by atoms with E-state index in [-0.39, 0.29) is 24.0 Å². The molecule has 0 aliphatic carbocycles. The van der Waals surface area contributed by atoms with Crippen LogP contribution in [0.3, 0.4) is 0 Å². The molecule has 1 aliphatic heterocycles. The zero-order valence-electron chi connectivity index (χ0n) is 11.5. The summed E-state index contributed by atoms with van der Waals surface area (Å²) >= 11 is 0. The molecule has 0 spiro atoms. The minimum atomic E-state index is -0.898. The summed E-state index contributed by atoms with van der Waals surface area (Å²) in [6.45, 7) is 0.566. The van der Waals surface area contributed by atoms with E-state index < -0.39 is 11.9 Å². The van der Waals surface area contributed by atoms with Gasteiger partial charge in [-0.2, -0.15) is 9.90 Å². The number of carbonyl (C=O) groups excluding carboxylic acids is 1. The second-order valence-electron chi connectivity index (χ2n) is 5.07. The first kappa shape index (κ1) is 14.2. The van der Waals surface area contributed by atoms with Gasteiger partial charge in [0.2, 0.25) is 0 Å². The van der Waals surface area contributed by atoms with Crippen molar-refractivity contribution < 1.29 is 19.1 Å². The predicted molar refractivity (Wildman–Crippen MR) is 73.0 cm³/mol. The van der Waals surface area contributed by atoms with E-state index in [9.17, 15) is 14.0 Å². The Morgan fingerprint density at radius 3 is 2.64 bits per heavy atom. The van der Waals surface area contributed by atoms with Crippen LogP contribution >= 0.6 is 0 Å². The molecule has 1 aromatic carbocycles. The molecule has 1 atom stereocenters. The largest absolute Gasteiger partial charge is 0.481 e. The third-order valence-corrected chi connectivity index (χ3v) is 3.59. The zero-order valence-corrected chi connectivity index (χ0v) is 11.5. The Morgan fingerprint density at radius 1 is 1.27 bits per heavy atom. The highest BCUT2D eigenvalue weighted by Gasteiger charge is 2.32. The zero-order chi connectivity index (χ0) is 15.7. The fraction of sp³-hybridized carbons (Fsp3) is 0.286. The van der Waals surface area contributed by atoms with E-state index in [0.717, 1.165) is 0 Å². The van der Waals surface area contributed by atoms with Gasteiger partial charge in [-0.15, -0.1) is 5.10 Å². The van der Waals surface area contributed by atoms with Gasteiger partial charge in [-0.05, 0) is 30.7 Å². The summed E-state index contributed by atoms with van der Waals surface area (Å²) < 4.78 is 12.9. The Morgan fingerprint density at radius 2 is 2.00 bits per heavy atom. The lowest BCUT2D eigenvalue weighted by Gasteiger charge is -2.13. The average Bonchev–Trinajstić information content (AvgIpc) is 3.17. The maximum atomic E-state index is 12.9. The van der Waals surface area contributed by atoms with Crippen LogP contribution in [-0.4, -0.2) is 50.0 Å². The van der Waals surface area contributed by atoms with Crippen LogP contribution in [0, 0.1) is 11.7 Å². The number of aromatic nitrogens is 3. The Labute approximate surface area is 125 Å². The normalized spacial score (nSPS) is 17.7. The number of carboxylic acid groups (broad SMARTS) is 1. The van der Waals surface area contributed by atoms with Crippen molar-refractivity contribution in [2.45, 2.75) is 6.42 Å². The molecule has 0 radical (unpaired) electrons. The molecule has 8 heteroatoms. The van der Waals surface area contributed by atoms with Gasteiger partial charge in [0.1, 0.15) is 5.82 Å². The molecule has 0 unspecified atom stereocenters. The lowest BCUT2D eigenvalue weighted by molar-refractivity contribution is -0.141. The van der Waals surface area contributed by atoms with E-state index in [4.69, 9.17) is 5.11 Å². The van der Waals surface area contributed by atoms with Crippen LogP contribution in [0.1, 0.15) is 16.9 Å². The highest BCUT2D eigenvalue weighted by molar-refractivity contribution is 5.92. The van der Waals surface area contributed by atoms with Crippen LogP contribution < -0.4 is 0 Å². The molecule has 1 fully saturated rings. The van der Waals surface area contributed by atoms with Crippen molar-refractivity contribution in [3.8, 4) is 5.69 Å². The Bertz CT molecular complexity index is 713. The molecule has 114 valence electrons. The standard InChI is InChI=1S/C14H13FN4O3/c15-10-1-3-11(4-2-10)19-16-7-12(17-19)13(20)18-6-5-9(8-18)14(21)22/h1-4,7,9H,5-6,8H2,(H,21,22)/t9-/m1/s1. The minimum absolute atomic E-state index is 0.135. The van der Waals surface area contributed by atoms with Crippen molar-refractivity contribution in [2.24, 2.45) is 5.92 Å². The van der Waals surface area contributed by atoms with Gasteiger partial charge < -0.3 is 10.0 Å². The first-order valence-corrected chi connectivity index (χ1v) is 6.75. The first-order valence-electron chi connectivity index (χ1n) is 6.75. The second kappa shape index (κ2) is 5.55. The SMILES string of the molecule is O=C(O)[C@@H]1CCN(C(=O)c2cnn(-c3ccc(F)cc3)n2)C1. The van der Waals surface area contributed by atoms with Crippen molar-refractivity contribution in [1.29, 1.82) is 0 Å². The third-order valence-electron chi connectivity index (χ3n) is 3.59. The number of carboxylic acids is 1. The molecule has 0 saturated carbocycles. The molecule has 3 rings (SSSR count). The lowest BCUT2D eigenvalue weighted by atomic mass is 10.1. The van der Waals surface area contributed by atoms with Crippen molar-refractivity contribution >= 4 is 11.9 Å². The highest BCUT2D eigenvalue weighted by Crippen LogP contribution is 2.18. The number of carbonyl (C=O) groups is 2. The van der Waals surface area contributed by atoms with Crippen LogP contribution in [0.5, 0.6) is 0 Å². The van der Waals surface area contributed by atoms with Crippen LogP contribution in [0.4, 0.5) is 4.39 Å². The maximum absolute atomic E-state index is 12.9. The van der Waals surface area contributed by atoms with E-state index in [1.807, 2.05) is 0 Å². The molecule has 1 aromatic heterocycles. The molecule has 22 heavy (non-hydrogen) atoms. The quantitative estimate of drug-likeness (QED) is 0.912. The van der Waals surface area contributed by atoms with E-state index in [2.05, 4.69) is 10.2 Å². The number of halogens is 1. The third kappa shape index (κ3) is 2.67. The van der Waals surface area contributed by atoms with E-state index >= 15 is 0 Å². The van der Waals surface area contributed by atoms with Crippen LogP contribution in [0.25, 0.3) is 5.69 Å². The predicted octanol–water partition coefficient (Wildman–Crippen LogP) is 0.953. The molecule has 2 aromatic rings. The second-order valence-corrected chi connectivity index (χ2v) is 5.07. The molecule has 1 saturated heterocycles. The minimum Gasteiger partial charge on any atom is -0.481 e. The van der Waals surface area contributed by atoms with Gasteiger partial charge in [0, 0.05) is 13.1 Å². The highest BCUT2D eigenvalue weighted by atomic mass is 19.1. The molecular formula is C14H13FN4O3. The molecule has 2 heterocycles. The van der Waals surface area contributed by atoms with Gasteiger partial charge in [0.15, 0.2) is 5.69 Å². The monoisotopic (exact) mass is 304 g/mol. The maximum Gasteiger partial charge on any atom is 0.308 e. The summed E-state index contributed by atoms with van der Waals surface area (Å²) in [6, 6.07) is 5.55. The molecule has 1 N–H and O–H groups in total. The van der Waals surface area contributed by atoms with Gasteiger partial charge in [-0.25, -0.2) is 4.39 Å². The van der Waals surface area contributed by atoms with Crippen LogP contribution in [-0.2, 0) is 4.79 Å². The van der Waals surface area contributed by atoms with Crippen LogP contribution in [0.15, 0.2) is 30.5 Å². The number of hydrogen-bond acceptors (Lipinski definition) is 4. The fourth-order valence-electron chi connectivity index (χ4n) is 2.37. The number of benzene rings is 1. The smallest absolute Gasteiger partial charge is 0.308 e. The molecule has 1 amide bonds. The molecule has 7 nitrogen and oxygen atoms in total. The van der Waals surface area contributed by atoms with Crippen LogP contribution in [0.2, 0.25) is 0 Å². The van der Waals surface area contributed by atoms with E-state index in [0.29, 0.717) is 18.7 Å². The number of nitrogens with zero attached hydrogens (tertiary/aromatic N) is 4. The number of hydrogen-bond donors (Lipinski definition) is 1. The first-order chi connectivity index (χ1) is 10.5. The number of aliphatic carboxylic acids is 1. The summed E-state index contributed by atoms with van der Waals surface area (Å²) in [5, 5.41) is 17.0. The van der Waals surface area contributed by atoms with E-state index in [1.54, 1.807) is 0 Å². The molecule has 0 bridgehead atoms. The topological polar surface area (TPSA) is 88.3 Å². The summed E-state index contributed by atoms with van der Waals surface area (Å²) in [5.74, 6) is -2.15. The average molecular weight is 304 g/mol.